The monoisotopic (exact) mass is 300 g/mol. The van der Waals surface area contributed by atoms with Gasteiger partial charge in [-0.25, -0.2) is 4.79 Å². The van der Waals surface area contributed by atoms with Crippen molar-refractivity contribution >= 4 is 28.4 Å². The summed E-state index contributed by atoms with van der Waals surface area (Å²) in [7, 11) is 0. The van der Waals surface area contributed by atoms with Crippen molar-refractivity contribution in [2.24, 2.45) is 0 Å². The Morgan fingerprint density at radius 2 is 2.00 bits per heavy atom. The number of hydrogen-bond donors (Lipinski definition) is 0. The highest BCUT2D eigenvalue weighted by molar-refractivity contribution is 9.10. The van der Waals surface area contributed by atoms with Gasteiger partial charge < -0.3 is 9.47 Å². The molecule has 0 bridgehead atoms. The van der Waals surface area contributed by atoms with Crippen molar-refractivity contribution < 1.29 is 19.1 Å². The SMILES string of the molecule is CC(C)(C)OC(=O)Oc1ccc(C=O)cc1Br. The molecule has 17 heavy (non-hydrogen) atoms. The summed E-state index contributed by atoms with van der Waals surface area (Å²) in [4.78, 5) is 21.9. The standard InChI is InChI=1S/C12H13BrO4/c1-12(2,3)17-11(15)16-10-5-4-8(7-14)6-9(10)13/h4-7H,1-3H3. The van der Waals surface area contributed by atoms with Gasteiger partial charge in [-0.1, -0.05) is 0 Å². The molecule has 1 rings (SSSR count). The lowest BCUT2D eigenvalue weighted by atomic mass is 10.2. The number of aldehydes is 1. The molecule has 0 heterocycles. The van der Waals surface area contributed by atoms with Crippen molar-refractivity contribution in [3.8, 4) is 5.75 Å². The molecule has 0 aliphatic heterocycles. The third-order valence-corrected chi connectivity index (χ3v) is 2.29. The number of carbonyl (C=O) groups is 2. The summed E-state index contributed by atoms with van der Waals surface area (Å²) in [6.07, 6.45) is -0.0702. The topological polar surface area (TPSA) is 52.6 Å². The molecule has 4 nitrogen and oxygen atoms in total. The van der Waals surface area contributed by atoms with Gasteiger partial charge in [0, 0.05) is 5.56 Å². The van der Waals surface area contributed by atoms with Gasteiger partial charge in [0.15, 0.2) is 0 Å². The van der Waals surface area contributed by atoms with Crippen molar-refractivity contribution in [3.05, 3.63) is 28.2 Å². The van der Waals surface area contributed by atoms with Gasteiger partial charge in [0.05, 0.1) is 4.47 Å². The van der Waals surface area contributed by atoms with E-state index < -0.39 is 11.8 Å². The Kier molecular flexibility index (Phi) is 4.28. The van der Waals surface area contributed by atoms with E-state index in [1.165, 1.54) is 6.07 Å². The molecule has 92 valence electrons. The van der Waals surface area contributed by atoms with Gasteiger partial charge in [0.1, 0.15) is 17.6 Å². The Labute approximate surface area is 108 Å². The van der Waals surface area contributed by atoms with E-state index in [1.54, 1.807) is 32.9 Å². The smallest absolute Gasteiger partial charge is 0.428 e. The van der Waals surface area contributed by atoms with Crippen LogP contribution >= 0.6 is 15.9 Å². The maximum atomic E-state index is 11.4. The van der Waals surface area contributed by atoms with Crippen LogP contribution in [0.15, 0.2) is 22.7 Å². The zero-order valence-corrected chi connectivity index (χ0v) is 11.4. The first-order valence-electron chi connectivity index (χ1n) is 4.97. The third kappa shape index (κ3) is 4.56. The molecular weight excluding hydrogens is 288 g/mol. The maximum absolute atomic E-state index is 11.4. The largest absolute Gasteiger partial charge is 0.514 e. The summed E-state index contributed by atoms with van der Waals surface area (Å²) in [5.74, 6) is 0.310. The van der Waals surface area contributed by atoms with Gasteiger partial charge in [0.2, 0.25) is 0 Å². The lowest BCUT2D eigenvalue weighted by molar-refractivity contribution is 0.0205. The van der Waals surface area contributed by atoms with E-state index in [9.17, 15) is 9.59 Å². The normalized spacial score (nSPS) is 10.8. The van der Waals surface area contributed by atoms with Crippen LogP contribution in [0.1, 0.15) is 31.1 Å². The highest BCUT2D eigenvalue weighted by Gasteiger charge is 2.18. The molecule has 0 N–H and O–H groups in total. The summed E-state index contributed by atoms with van der Waals surface area (Å²) < 4.78 is 10.5. The second kappa shape index (κ2) is 5.31. The summed E-state index contributed by atoms with van der Waals surface area (Å²) in [5, 5.41) is 0. The number of ether oxygens (including phenoxy) is 2. The minimum absolute atomic E-state index is 0.310. The highest BCUT2D eigenvalue weighted by Crippen LogP contribution is 2.26. The van der Waals surface area contributed by atoms with Crippen molar-refractivity contribution in [2.45, 2.75) is 26.4 Å². The van der Waals surface area contributed by atoms with Crippen molar-refractivity contribution in [1.82, 2.24) is 0 Å². The molecule has 0 amide bonds. The van der Waals surface area contributed by atoms with Gasteiger partial charge in [-0.2, -0.15) is 0 Å². The first-order valence-corrected chi connectivity index (χ1v) is 5.77. The van der Waals surface area contributed by atoms with E-state index in [4.69, 9.17) is 9.47 Å². The van der Waals surface area contributed by atoms with Crippen molar-refractivity contribution in [1.29, 1.82) is 0 Å². The maximum Gasteiger partial charge on any atom is 0.514 e. The average molecular weight is 301 g/mol. The van der Waals surface area contributed by atoms with E-state index in [0.29, 0.717) is 22.1 Å². The van der Waals surface area contributed by atoms with Crippen LogP contribution in [-0.4, -0.2) is 18.0 Å². The van der Waals surface area contributed by atoms with Crippen LogP contribution in [-0.2, 0) is 4.74 Å². The molecule has 1 aromatic carbocycles. The highest BCUT2D eigenvalue weighted by atomic mass is 79.9. The minimum atomic E-state index is -0.781. The molecule has 5 heteroatoms. The fraction of sp³-hybridized carbons (Fsp3) is 0.333. The summed E-state index contributed by atoms with van der Waals surface area (Å²) in [5.41, 5.74) is -0.111. The zero-order chi connectivity index (χ0) is 13.1. The van der Waals surface area contributed by atoms with E-state index in [-0.39, 0.29) is 0 Å². The lowest BCUT2D eigenvalue weighted by Crippen LogP contribution is -2.26. The molecule has 0 aliphatic carbocycles. The van der Waals surface area contributed by atoms with E-state index in [1.807, 2.05) is 0 Å². The van der Waals surface area contributed by atoms with Crippen molar-refractivity contribution in [3.63, 3.8) is 0 Å². The second-order valence-electron chi connectivity index (χ2n) is 4.37. The van der Waals surface area contributed by atoms with E-state index in [0.717, 1.165) is 0 Å². The Morgan fingerprint density at radius 1 is 1.35 bits per heavy atom. The molecule has 0 saturated carbocycles. The van der Waals surface area contributed by atoms with Gasteiger partial charge in [-0.3, -0.25) is 4.79 Å². The Bertz CT molecular complexity index is 435. The number of rotatable bonds is 2. The Balaban J connectivity index is 2.75. The van der Waals surface area contributed by atoms with Gasteiger partial charge in [-0.15, -0.1) is 0 Å². The van der Waals surface area contributed by atoms with Crippen LogP contribution in [0.4, 0.5) is 4.79 Å². The fourth-order valence-corrected chi connectivity index (χ4v) is 1.51. The van der Waals surface area contributed by atoms with Crippen LogP contribution in [0.2, 0.25) is 0 Å². The van der Waals surface area contributed by atoms with Crippen LogP contribution in [0.5, 0.6) is 5.75 Å². The third-order valence-electron chi connectivity index (χ3n) is 1.67. The second-order valence-corrected chi connectivity index (χ2v) is 5.23. The van der Waals surface area contributed by atoms with E-state index >= 15 is 0 Å². The number of hydrogen-bond acceptors (Lipinski definition) is 4. The first kappa shape index (κ1) is 13.7. The number of carbonyl (C=O) groups excluding carboxylic acids is 2. The van der Waals surface area contributed by atoms with Gasteiger partial charge in [-0.05, 0) is 54.9 Å². The molecule has 1 aromatic rings. The molecule has 0 fully saturated rings. The first-order chi connectivity index (χ1) is 7.81. The van der Waals surface area contributed by atoms with Crippen LogP contribution in [0.3, 0.4) is 0 Å². The predicted molar refractivity (Wildman–Crippen MR) is 66.4 cm³/mol. The Hall–Kier alpha value is -1.36. The minimum Gasteiger partial charge on any atom is -0.428 e. The van der Waals surface area contributed by atoms with Crippen LogP contribution < -0.4 is 4.74 Å². The summed E-state index contributed by atoms with van der Waals surface area (Å²) in [6.45, 7) is 5.25. The fourth-order valence-electron chi connectivity index (χ4n) is 1.03. The van der Waals surface area contributed by atoms with Gasteiger partial charge >= 0.3 is 6.16 Å². The lowest BCUT2D eigenvalue weighted by Gasteiger charge is -2.18. The molecule has 0 aromatic heterocycles. The zero-order valence-electron chi connectivity index (χ0n) is 9.82. The van der Waals surface area contributed by atoms with Gasteiger partial charge in [0.25, 0.3) is 0 Å². The number of benzene rings is 1. The van der Waals surface area contributed by atoms with Crippen LogP contribution in [0, 0.1) is 0 Å². The molecule has 0 radical (unpaired) electrons. The van der Waals surface area contributed by atoms with E-state index in [2.05, 4.69) is 15.9 Å². The molecule has 0 unspecified atom stereocenters. The summed E-state index contributed by atoms with van der Waals surface area (Å²) in [6, 6.07) is 4.64. The van der Waals surface area contributed by atoms with Crippen molar-refractivity contribution in [2.75, 3.05) is 0 Å². The average Bonchev–Trinajstić information content (AvgIpc) is 2.18. The Morgan fingerprint density at radius 3 is 2.47 bits per heavy atom. The molecule has 0 spiro atoms. The molecular formula is C12H13BrO4. The summed E-state index contributed by atoms with van der Waals surface area (Å²) >= 11 is 3.20. The molecule has 0 aliphatic rings. The number of halogens is 1. The molecule has 0 atom stereocenters. The van der Waals surface area contributed by atoms with Crippen LogP contribution in [0.25, 0.3) is 0 Å². The molecule has 0 saturated heterocycles. The predicted octanol–water partition coefficient (Wildman–Crippen LogP) is 3.58. The quantitative estimate of drug-likeness (QED) is 0.476.